The van der Waals surface area contributed by atoms with E-state index in [4.69, 9.17) is 37.9 Å². The third kappa shape index (κ3) is 20.9. The van der Waals surface area contributed by atoms with Gasteiger partial charge in [-0.1, -0.05) is 26.7 Å². The molecule has 0 aliphatic rings. The first-order valence-corrected chi connectivity index (χ1v) is 17.1. The number of hydrogen-bond donors (Lipinski definition) is 2. The molecular formula is C36H56N2O10. The molecule has 12 nitrogen and oxygen atoms in total. The van der Waals surface area contributed by atoms with Crippen LogP contribution >= 0.6 is 0 Å². The van der Waals surface area contributed by atoms with E-state index in [1.54, 1.807) is 24.3 Å². The zero-order valence-corrected chi connectivity index (χ0v) is 28.8. The summed E-state index contributed by atoms with van der Waals surface area (Å²) in [5, 5.41) is 6.63. The lowest BCUT2D eigenvalue weighted by Crippen LogP contribution is -2.15. The lowest BCUT2D eigenvalue weighted by molar-refractivity contribution is -0.0213. The molecule has 2 aromatic rings. The first-order chi connectivity index (χ1) is 23.6. The summed E-state index contributed by atoms with van der Waals surface area (Å²) in [6.45, 7) is 11.5. The van der Waals surface area contributed by atoms with E-state index in [9.17, 15) is 9.59 Å². The average molecular weight is 677 g/mol. The highest BCUT2D eigenvalue weighted by Crippen LogP contribution is 2.12. The number of rotatable bonds is 31. The van der Waals surface area contributed by atoms with Crippen LogP contribution in [0.25, 0.3) is 0 Å². The molecule has 0 saturated heterocycles. The molecule has 0 unspecified atom stereocenters. The molecule has 0 aromatic heterocycles. The third-order valence-corrected chi connectivity index (χ3v) is 6.74. The molecule has 12 heteroatoms. The highest BCUT2D eigenvalue weighted by molar-refractivity contribution is 5.90. The molecule has 48 heavy (non-hydrogen) atoms. The first-order valence-electron chi connectivity index (χ1n) is 17.1. The van der Waals surface area contributed by atoms with Gasteiger partial charge in [0, 0.05) is 24.5 Å². The van der Waals surface area contributed by atoms with Crippen molar-refractivity contribution in [1.82, 2.24) is 0 Å². The van der Waals surface area contributed by atoms with Crippen LogP contribution < -0.4 is 10.6 Å². The Balaban J connectivity index is 1.27. The van der Waals surface area contributed by atoms with Crippen molar-refractivity contribution >= 4 is 23.3 Å². The number of unbranched alkanes of at least 4 members (excludes halogenated alkanes) is 2. The molecule has 2 N–H and O–H groups in total. The standard InChI is InChI=1S/C36H56N2O10/c1-3-5-15-37-33-11-7-31(8-12-33)35(39)47-29-27-45-25-23-43-21-19-41-17-18-42-20-22-44-24-26-46-28-30-48-36(40)32-9-13-34(14-10-32)38-16-6-4-2/h7-14,37-38H,3-6,15-30H2,1-2H3. The van der Waals surface area contributed by atoms with Crippen molar-refractivity contribution in [2.24, 2.45) is 0 Å². The fourth-order valence-corrected chi connectivity index (χ4v) is 4.02. The van der Waals surface area contributed by atoms with Gasteiger partial charge in [-0.15, -0.1) is 0 Å². The number of nitrogens with one attached hydrogen (secondary N) is 2. The molecular weight excluding hydrogens is 620 g/mol. The van der Waals surface area contributed by atoms with E-state index < -0.39 is 0 Å². The lowest BCUT2D eigenvalue weighted by Gasteiger charge is -2.09. The summed E-state index contributed by atoms with van der Waals surface area (Å²) < 4.78 is 43.3. The van der Waals surface area contributed by atoms with Gasteiger partial charge in [0.25, 0.3) is 0 Å². The van der Waals surface area contributed by atoms with Crippen molar-refractivity contribution in [2.75, 3.05) is 116 Å². The Kier molecular flexibility index (Phi) is 24.5. The van der Waals surface area contributed by atoms with E-state index in [1.165, 1.54) is 0 Å². The van der Waals surface area contributed by atoms with Crippen LogP contribution in [-0.4, -0.2) is 118 Å². The Morgan fingerprint density at radius 3 is 0.979 bits per heavy atom. The van der Waals surface area contributed by atoms with Gasteiger partial charge >= 0.3 is 11.9 Å². The highest BCUT2D eigenvalue weighted by atomic mass is 16.6. The molecule has 0 fully saturated rings. The number of esters is 2. The van der Waals surface area contributed by atoms with Gasteiger partial charge in [0.15, 0.2) is 0 Å². The van der Waals surface area contributed by atoms with Crippen LogP contribution in [0.4, 0.5) is 11.4 Å². The molecule has 0 bridgehead atoms. The molecule has 0 heterocycles. The van der Waals surface area contributed by atoms with Crippen molar-refractivity contribution in [3.63, 3.8) is 0 Å². The van der Waals surface area contributed by atoms with Gasteiger partial charge in [-0.2, -0.15) is 0 Å². The number of carbonyl (C=O) groups excluding carboxylic acids is 2. The summed E-state index contributed by atoms with van der Waals surface area (Å²) in [7, 11) is 0. The fourth-order valence-electron chi connectivity index (χ4n) is 4.02. The Bertz CT molecular complexity index is 984. The smallest absolute Gasteiger partial charge is 0.338 e. The molecule has 0 radical (unpaired) electrons. The quantitative estimate of drug-likeness (QED) is 0.0801. The van der Waals surface area contributed by atoms with Crippen LogP contribution in [0.5, 0.6) is 0 Å². The van der Waals surface area contributed by atoms with Gasteiger partial charge in [-0.05, 0) is 61.4 Å². The number of ether oxygens (including phenoxy) is 8. The van der Waals surface area contributed by atoms with Crippen molar-refractivity contribution in [3.8, 4) is 0 Å². The summed E-state index contributed by atoms with van der Waals surface area (Å²) in [5.41, 5.74) is 3.01. The summed E-state index contributed by atoms with van der Waals surface area (Å²) >= 11 is 0. The molecule has 270 valence electrons. The minimum atomic E-state index is -0.365. The van der Waals surface area contributed by atoms with Gasteiger partial charge in [0.05, 0.1) is 90.4 Å². The Hall–Kier alpha value is -3.26. The molecule has 0 amide bonds. The van der Waals surface area contributed by atoms with Crippen LogP contribution in [0, 0.1) is 0 Å². The lowest BCUT2D eigenvalue weighted by atomic mass is 10.2. The summed E-state index contributed by atoms with van der Waals surface area (Å²) in [6.07, 6.45) is 4.48. The second-order valence-corrected chi connectivity index (χ2v) is 10.7. The maximum atomic E-state index is 12.1. The largest absolute Gasteiger partial charge is 0.460 e. The maximum Gasteiger partial charge on any atom is 0.338 e. The highest BCUT2D eigenvalue weighted by Gasteiger charge is 2.08. The summed E-state index contributed by atoms with van der Waals surface area (Å²) in [5.74, 6) is -0.731. The van der Waals surface area contributed by atoms with Crippen LogP contribution in [0.3, 0.4) is 0 Å². The van der Waals surface area contributed by atoms with Gasteiger partial charge in [-0.3, -0.25) is 0 Å². The fraction of sp³-hybridized carbons (Fsp3) is 0.611. The number of anilines is 2. The minimum absolute atomic E-state index is 0.185. The zero-order valence-electron chi connectivity index (χ0n) is 28.8. The average Bonchev–Trinajstić information content (AvgIpc) is 3.11. The van der Waals surface area contributed by atoms with E-state index in [2.05, 4.69) is 24.5 Å². The van der Waals surface area contributed by atoms with Crippen molar-refractivity contribution < 1.29 is 47.5 Å². The number of hydrogen-bond acceptors (Lipinski definition) is 12. The van der Waals surface area contributed by atoms with E-state index in [1.807, 2.05) is 24.3 Å². The van der Waals surface area contributed by atoms with E-state index >= 15 is 0 Å². The van der Waals surface area contributed by atoms with Gasteiger partial charge in [0.1, 0.15) is 13.2 Å². The van der Waals surface area contributed by atoms with E-state index in [-0.39, 0.29) is 25.2 Å². The second-order valence-electron chi connectivity index (χ2n) is 10.7. The molecule has 2 rings (SSSR count). The van der Waals surface area contributed by atoms with Crippen LogP contribution in [0.15, 0.2) is 48.5 Å². The Labute approximate surface area is 286 Å². The van der Waals surface area contributed by atoms with E-state index in [0.717, 1.165) is 50.1 Å². The second kappa shape index (κ2) is 28.7. The van der Waals surface area contributed by atoms with Crippen LogP contribution in [-0.2, 0) is 37.9 Å². The Morgan fingerprint density at radius 2 is 0.708 bits per heavy atom. The van der Waals surface area contributed by atoms with Crippen molar-refractivity contribution in [1.29, 1.82) is 0 Å². The van der Waals surface area contributed by atoms with Crippen LogP contribution in [0.1, 0.15) is 60.2 Å². The molecule has 0 atom stereocenters. The Morgan fingerprint density at radius 1 is 0.438 bits per heavy atom. The number of carbonyl (C=O) groups is 2. The maximum absolute atomic E-state index is 12.1. The third-order valence-electron chi connectivity index (χ3n) is 6.74. The predicted octanol–water partition coefficient (Wildman–Crippen LogP) is 5.22. The predicted molar refractivity (Wildman–Crippen MR) is 185 cm³/mol. The van der Waals surface area contributed by atoms with Gasteiger partial charge in [-0.25, -0.2) is 9.59 Å². The van der Waals surface area contributed by atoms with Crippen molar-refractivity contribution in [2.45, 2.75) is 39.5 Å². The number of benzene rings is 2. The monoisotopic (exact) mass is 676 g/mol. The SMILES string of the molecule is CCCCNc1ccc(C(=O)OCCOCCOCCOCCOCCOCCOCCOC(=O)c2ccc(NCCCC)cc2)cc1. The molecule has 2 aromatic carbocycles. The first kappa shape index (κ1) is 40.9. The molecule has 0 spiro atoms. The van der Waals surface area contributed by atoms with Crippen LogP contribution in [0.2, 0.25) is 0 Å². The molecule has 0 saturated carbocycles. The normalized spacial score (nSPS) is 11.0. The summed E-state index contributed by atoms with van der Waals surface area (Å²) in [4.78, 5) is 24.2. The minimum Gasteiger partial charge on any atom is -0.460 e. The van der Waals surface area contributed by atoms with Crippen molar-refractivity contribution in [3.05, 3.63) is 59.7 Å². The topological polar surface area (TPSA) is 132 Å². The van der Waals surface area contributed by atoms with E-state index in [0.29, 0.717) is 90.4 Å². The summed E-state index contributed by atoms with van der Waals surface area (Å²) in [6, 6.07) is 14.6. The van der Waals surface area contributed by atoms with Gasteiger partial charge in [0.2, 0.25) is 0 Å². The van der Waals surface area contributed by atoms with Gasteiger partial charge < -0.3 is 48.5 Å². The zero-order chi connectivity index (χ0) is 34.3. The molecule has 0 aliphatic heterocycles. The molecule has 0 aliphatic carbocycles.